The van der Waals surface area contributed by atoms with Crippen molar-refractivity contribution in [2.24, 2.45) is 11.8 Å². The number of halogens is 4. The van der Waals surface area contributed by atoms with Crippen LogP contribution in [0.1, 0.15) is 89.5 Å². The number of piperidine rings is 2. The van der Waals surface area contributed by atoms with E-state index in [1.165, 1.54) is 12.4 Å². The molecule has 6 aromatic rings. The first-order chi connectivity index (χ1) is 33.9. The highest BCUT2D eigenvalue weighted by Crippen LogP contribution is 2.41. The Morgan fingerprint density at radius 3 is 1.54 bits per heavy atom. The van der Waals surface area contributed by atoms with E-state index in [2.05, 4.69) is 34.7 Å². The van der Waals surface area contributed by atoms with Crippen molar-refractivity contribution >= 4 is 63.9 Å². The highest BCUT2D eigenvalue weighted by molar-refractivity contribution is 6.37. The summed E-state index contributed by atoms with van der Waals surface area (Å²) in [4.78, 5) is 43.2. The van der Waals surface area contributed by atoms with Crippen LogP contribution in [0.15, 0.2) is 97.6 Å². The largest absolute Gasteiger partial charge is 0.488 e. The number of carbonyl (C=O) groups is 2. The minimum absolute atomic E-state index is 0. The SMILES string of the molecule is [C-]#[N+]c1cncc(COc2cc(OCc3cccc(-c4cccc(COc5cc(OCc6cncc(C#N)c6)c(C(=O)N6CCC(C)CC6)cc5Cl)c4Cl)c3Cl)c(Cl)cc2C(=O)N2CCC(C)CC2)c1.[HH]. The van der Waals surface area contributed by atoms with Crippen LogP contribution in [-0.4, -0.2) is 57.8 Å². The summed E-state index contributed by atoms with van der Waals surface area (Å²) in [5.41, 5.74) is 5.27. The number of aromatic nitrogens is 2. The summed E-state index contributed by atoms with van der Waals surface area (Å²) < 4.78 is 25.1. The number of benzene rings is 4. The van der Waals surface area contributed by atoms with E-state index in [0.717, 1.165) is 25.7 Å². The number of carbonyl (C=O) groups excluding carboxylic acids is 2. The zero-order valence-corrected chi connectivity index (χ0v) is 41.5. The Morgan fingerprint density at radius 2 is 1.09 bits per heavy atom. The molecule has 0 aliphatic carbocycles. The number of hydrogen-bond donors (Lipinski definition) is 0. The van der Waals surface area contributed by atoms with E-state index in [1.54, 1.807) is 48.8 Å². The first kappa shape index (κ1) is 49.9. The van der Waals surface area contributed by atoms with Gasteiger partial charge in [-0.15, -0.1) is 0 Å². The summed E-state index contributed by atoms with van der Waals surface area (Å²) in [5.74, 6) is 1.80. The van der Waals surface area contributed by atoms with Gasteiger partial charge in [-0.1, -0.05) is 96.6 Å². The third-order valence-electron chi connectivity index (χ3n) is 12.5. The van der Waals surface area contributed by atoms with Gasteiger partial charge in [-0.05, 0) is 67.3 Å². The molecule has 0 spiro atoms. The molecule has 0 N–H and O–H groups in total. The quantitative estimate of drug-likeness (QED) is 0.0922. The molecule has 2 aromatic heterocycles. The third-order valence-corrected chi connectivity index (χ3v) is 14.0. The van der Waals surface area contributed by atoms with Crippen LogP contribution in [0.2, 0.25) is 20.1 Å². The average Bonchev–Trinajstić information content (AvgIpc) is 3.38. The van der Waals surface area contributed by atoms with Crippen LogP contribution >= 0.6 is 46.4 Å². The molecule has 2 saturated heterocycles. The summed E-state index contributed by atoms with van der Waals surface area (Å²) in [5, 5.41) is 10.6. The lowest BCUT2D eigenvalue weighted by atomic mass is 9.98. The van der Waals surface area contributed by atoms with E-state index < -0.39 is 0 Å². The van der Waals surface area contributed by atoms with Crippen LogP contribution in [0.5, 0.6) is 23.0 Å². The van der Waals surface area contributed by atoms with E-state index in [0.29, 0.717) is 104 Å². The Kier molecular flexibility index (Phi) is 16.3. The molecular formula is C54H50Cl4N6O6. The van der Waals surface area contributed by atoms with E-state index in [9.17, 15) is 14.9 Å². The smallest absolute Gasteiger partial charge is 0.257 e. The number of hydrogen-bond acceptors (Lipinski definition) is 9. The van der Waals surface area contributed by atoms with Crippen LogP contribution in [0.25, 0.3) is 16.0 Å². The highest BCUT2D eigenvalue weighted by atomic mass is 35.5. The number of likely N-dealkylation sites (tertiary alicyclic amines) is 2. The van der Waals surface area contributed by atoms with Gasteiger partial charge in [-0.3, -0.25) is 19.6 Å². The topological polar surface area (TPSA) is 131 Å². The number of rotatable bonds is 15. The zero-order valence-electron chi connectivity index (χ0n) is 38.5. The predicted molar refractivity (Wildman–Crippen MR) is 272 cm³/mol. The molecular weight excluding hydrogens is 970 g/mol. The normalized spacial score (nSPS) is 14.1. The molecule has 12 nitrogen and oxygen atoms in total. The van der Waals surface area contributed by atoms with Gasteiger partial charge in [0.15, 0.2) is 0 Å². The fourth-order valence-electron chi connectivity index (χ4n) is 8.30. The van der Waals surface area contributed by atoms with Gasteiger partial charge >= 0.3 is 0 Å². The van der Waals surface area contributed by atoms with Crippen molar-refractivity contribution in [3.63, 3.8) is 0 Å². The number of nitriles is 1. The minimum Gasteiger partial charge on any atom is -0.488 e. The molecule has 2 amide bonds. The van der Waals surface area contributed by atoms with Crippen LogP contribution in [0.3, 0.4) is 0 Å². The van der Waals surface area contributed by atoms with Gasteiger partial charge in [-0.25, -0.2) is 4.85 Å². The average molecular weight is 1020 g/mol. The molecule has 360 valence electrons. The molecule has 70 heavy (non-hydrogen) atoms. The molecule has 0 saturated carbocycles. The van der Waals surface area contributed by atoms with E-state index in [-0.39, 0.29) is 72.7 Å². The van der Waals surface area contributed by atoms with Crippen molar-refractivity contribution in [2.45, 2.75) is 66.0 Å². The van der Waals surface area contributed by atoms with Crippen LogP contribution in [-0.2, 0) is 26.4 Å². The molecule has 2 aliphatic heterocycles. The molecule has 0 bridgehead atoms. The Bertz CT molecular complexity index is 2800. The number of amides is 2. The summed E-state index contributed by atoms with van der Waals surface area (Å²) in [7, 11) is 0. The van der Waals surface area contributed by atoms with Gasteiger partial charge in [-0.2, -0.15) is 5.26 Å². The minimum atomic E-state index is -0.192. The predicted octanol–water partition coefficient (Wildman–Crippen LogP) is 13.5. The van der Waals surface area contributed by atoms with Gasteiger partial charge in [0.25, 0.3) is 11.8 Å². The monoisotopic (exact) mass is 1020 g/mol. The van der Waals surface area contributed by atoms with Crippen molar-refractivity contribution in [3.05, 3.63) is 168 Å². The number of ether oxygens (including phenoxy) is 4. The summed E-state index contributed by atoms with van der Waals surface area (Å²) in [6, 6.07) is 22.9. The van der Waals surface area contributed by atoms with Crippen molar-refractivity contribution in [1.29, 1.82) is 5.26 Å². The lowest BCUT2D eigenvalue weighted by molar-refractivity contribution is 0.0684. The summed E-state index contributed by atoms with van der Waals surface area (Å²) in [6.07, 6.45) is 9.76. The van der Waals surface area contributed by atoms with Gasteiger partial charge in [0, 0.05) is 92.3 Å². The molecule has 2 fully saturated rings. The van der Waals surface area contributed by atoms with E-state index in [4.69, 9.17) is 71.9 Å². The zero-order chi connectivity index (χ0) is 49.3. The van der Waals surface area contributed by atoms with Gasteiger partial charge in [0.1, 0.15) is 55.5 Å². The number of nitrogens with zero attached hydrogens (tertiary/aromatic N) is 6. The van der Waals surface area contributed by atoms with Crippen LogP contribution in [0, 0.1) is 29.7 Å². The van der Waals surface area contributed by atoms with Crippen LogP contribution in [0.4, 0.5) is 5.69 Å². The fourth-order valence-corrected chi connectivity index (χ4v) is 9.30. The van der Waals surface area contributed by atoms with Crippen molar-refractivity contribution in [2.75, 3.05) is 26.2 Å². The maximum absolute atomic E-state index is 13.9. The third kappa shape index (κ3) is 11.9. The molecule has 0 unspecified atom stereocenters. The van der Waals surface area contributed by atoms with E-state index in [1.807, 2.05) is 46.2 Å². The lowest BCUT2D eigenvalue weighted by Crippen LogP contribution is -2.38. The Hall–Kier alpha value is -6.54. The Labute approximate surface area is 428 Å². The summed E-state index contributed by atoms with van der Waals surface area (Å²) >= 11 is 27.9. The fraction of sp³-hybridized carbons (Fsp3) is 0.296. The number of pyridine rings is 2. The molecule has 0 atom stereocenters. The van der Waals surface area contributed by atoms with Gasteiger partial charge in [0.05, 0.1) is 43.4 Å². The molecule has 4 aromatic carbocycles. The van der Waals surface area contributed by atoms with E-state index >= 15 is 0 Å². The highest BCUT2D eigenvalue weighted by Gasteiger charge is 2.28. The lowest BCUT2D eigenvalue weighted by Gasteiger charge is -2.31. The second-order valence-electron chi connectivity index (χ2n) is 17.6. The van der Waals surface area contributed by atoms with Crippen LogP contribution < -0.4 is 18.9 Å². The Balaban J connectivity index is 0.00000741. The van der Waals surface area contributed by atoms with Crippen molar-refractivity contribution < 1.29 is 30.0 Å². The summed E-state index contributed by atoms with van der Waals surface area (Å²) in [6.45, 7) is 14.4. The molecule has 16 heteroatoms. The standard InChI is InChI=1S/C54H48Cl4N6O6.H2/c1-33-10-14-63(15-11-33)53(65)43-20-45(55)49(22-47(43)67-29-36-18-35(24-59)25-61-26-36)69-31-38-6-4-8-41(51(38)57)42-9-5-7-39(52(42)58)32-70-50-23-48(68-30-37-19-40(60-3)28-62-27-37)44(21-46(50)56)54(66)64-16-12-34(2)13-17-64;/h4-9,18-23,25-28,33-34H,10-17,29-32H2,1-2H3;1H. The molecule has 8 rings (SSSR count). The Morgan fingerprint density at radius 1 is 0.643 bits per heavy atom. The maximum Gasteiger partial charge on any atom is 0.257 e. The first-order valence-corrected chi connectivity index (χ1v) is 24.4. The molecule has 0 radical (unpaired) electrons. The molecule has 2 aliphatic rings. The second-order valence-corrected chi connectivity index (χ2v) is 19.1. The first-order valence-electron chi connectivity index (χ1n) is 22.9. The molecule has 4 heterocycles. The maximum atomic E-state index is 13.9. The second kappa shape index (κ2) is 22.9. The van der Waals surface area contributed by atoms with Crippen molar-refractivity contribution in [1.82, 2.24) is 19.8 Å². The van der Waals surface area contributed by atoms with Gasteiger partial charge < -0.3 is 28.7 Å². The van der Waals surface area contributed by atoms with Crippen molar-refractivity contribution in [3.8, 4) is 40.2 Å². The van der Waals surface area contributed by atoms with Gasteiger partial charge in [0.2, 0.25) is 5.69 Å².